The SMILES string of the molecule is CCC1CCCN1CCC(C)CCCl. The zero-order valence-corrected chi connectivity index (χ0v) is 10.4. The van der Waals surface area contributed by atoms with Crippen LogP contribution in [0.1, 0.15) is 46.0 Å². The van der Waals surface area contributed by atoms with Crippen LogP contribution in [0.2, 0.25) is 0 Å². The van der Waals surface area contributed by atoms with Crippen molar-refractivity contribution in [3.05, 3.63) is 0 Å². The highest BCUT2D eigenvalue weighted by Gasteiger charge is 2.22. The van der Waals surface area contributed by atoms with E-state index in [1.165, 1.54) is 45.2 Å². The summed E-state index contributed by atoms with van der Waals surface area (Å²) in [4.78, 5) is 2.67. The molecule has 0 aliphatic carbocycles. The second-order valence-electron chi connectivity index (χ2n) is 4.61. The van der Waals surface area contributed by atoms with Crippen molar-refractivity contribution in [2.45, 2.75) is 52.0 Å². The van der Waals surface area contributed by atoms with Gasteiger partial charge in [-0.2, -0.15) is 0 Å². The molecule has 1 rings (SSSR count). The summed E-state index contributed by atoms with van der Waals surface area (Å²) in [5, 5.41) is 0. The molecule has 0 N–H and O–H groups in total. The highest BCUT2D eigenvalue weighted by Crippen LogP contribution is 2.21. The summed E-state index contributed by atoms with van der Waals surface area (Å²) in [6.45, 7) is 7.24. The van der Waals surface area contributed by atoms with Crippen LogP contribution in [0.4, 0.5) is 0 Å². The van der Waals surface area contributed by atoms with E-state index < -0.39 is 0 Å². The summed E-state index contributed by atoms with van der Waals surface area (Å²) in [5.41, 5.74) is 0. The predicted octanol–water partition coefficient (Wildman–Crippen LogP) is 3.52. The van der Waals surface area contributed by atoms with Gasteiger partial charge in [0.15, 0.2) is 0 Å². The molecular formula is C12H24ClN. The Morgan fingerprint density at radius 1 is 1.43 bits per heavy atom. The van der Waals surface area contributed by atoms with Gasteiger partial charge in [-0.25, -0.2) is 0 Å². The third kappa shape index (κ3) is 3.78. The summed E-state index contributed by atoms with van der Waals surface area (Å²) in [6, 6.07) is 0.873. The number of halogens is 1. The Labute approximate surface area is 93.8 Å². The van der Waals surface area contributed by atoms with Gasteiger partial charge in [0, 0.05) is 11.9 Å². The van der Waals surface area contributed by atoms with Crippen LogP contribution in [-0.4, -0.2) is 29.9 Å². The van der Waals surface area contributed by atoms with E-state index in [1.807, 2.05) is 0 Å². The van der Waals surface area contributed by atoms with Crippen LogP contribution in [0, 0.1) is 5.92 Å². The number of hydrogen-bond acceptors (Lipinski definition) is 1. The number of alkyl halides is 1. The van der Waals surface area contributed by atoms with E-state index in [4.69, 9.17) is 11.6 Å². The largest absolute Gasteiger partial charge is 0.300 e. The Balaban J connectivity index is 2.16. The minimum atomic E-state index is 0.797. The van der Waals surface area contributed by atoms with Crippen molar-refractivity contribution in [1.29, 1.82) is 0 Å². The fourth-order valence-electron chi connectivity index (χ4n) is 2.37. The van der Waals surface area contributed by atoms with Crippen molar-refractivity contribution in [2.75, 3.05) is 19.0 Å². The molecule has 1 aliphatic rings. The number of hydrogen-bond donors (Lipinski definition) is 0. The van der Waals surface area contributed by atoms with E-state index in [-0.39, 0.29) is 0 Å². The molecule has 2 unspecified atom stereocenters. The molecule has 0 spiro atoms. The number of nitrogens with zero attached hydrogens (tertiary/aromatic N) is 1. The first kappa shape index (κ1) is 12.3. The molecule has 84 valence electrons. The smallest absolute Gasteiger partial charge is 0.0225 e. The highest BCUT2D eigenvalue weighted by atomic mass is 35.5. The molecule has 0 aromatic carbocycles. The lowest BCUT2D eigenvalue weighted by atomic mass is 10.0. The lowest BCUT2D eigenvalue weighted by Gasteiger charge is -2.24. The first-order valence-electron chi connectivity index (χ1n) is 6.08. The monoisotopic (exact) mass is 217 g/mol. The van der Waals surface area contributed by atoms with E-state index in [9.17, 15) is 0 Å². The number of likely N-dealkylation sites (tertiary alicyclic amines) is 1. The van der Waals surface area contributed by atoms with Gasteiger partial charge in [-0.3, -0.25) is 0 Å². The molecule has 2 heteroatoms. The first-order valence-corrected chi connectivity index (χ1v) is 6.61. The lowest BCUT2D eigenvalue weighted by Crippen LogP contribution is -2.30. The molecule has 0 bridgehead atoms. The maximum atomic E-state index is 5.73. The molecule has 2 atom stereocenters. The highest BCUT2D eigenvalue weighted by molar-refractivity contribution is 6.17. The summed E-state index contributed by atoms with van der Waals surface area (Å²) in [7, 11) is 0. The molecule has 0 amide bonds. The van der Waals surface area contributed by atoms with Gasteiger partial charge in [0.1, 0.15) is 0 Å². The Kier molecular flexibility index (Phi) is 5.88. The quantitative estimate of drug-likeness (QED) is 0.616. The van der Waals surface area contributed by atoms with Gasteiger partial charge in [0.25, 0.3) is 0 Å². The van der Waals surface area contributed by atoms with Crippen LogP contribution in [0.5, 0.6) is 0 Å². The molecule has 14 heavy (non-hydrogen) atoms. The standard InChI is InChI=1S/C12H24ClN/c1-3-12-5-4-9-14(12)10-7-11(2)6-8-13/h11-12H,3-10H2,1-2H3. The van der Waals surface area contributed by atoms with Crippen molar-refractivity contribution in [1.82, 2.24) is 4.90 Å². The van der Waals surface area contributed by atoms with Crippen LogP contribution in [0.25, 0.3) is 0 Å². The van der Waals surface area contributed by atoms with Gasteiger partial charge in [0.05, 0.1) is 0 Å². The minimum absolute atomic E-state index is 0.797. The second-order valence-corrected chi connectivity index (χ2v) is 4.99. The predicted molar refractivity (Wildman–Crippen MR) is 64.0 cm³/mol. The molecule has 0 saturated carbocycles. The Bertz CT molecular complexity index is 149. The van der Waals surface area contributed by atoms with Crippen molar-refractivity contribution in [3.8, 4) is 0 Å². The zero-order chi connectivity index (χ0) is 10.4. The summed E-state index contributed by atoms with van der Waals surface area (Å²) < 4.78 is 0. The van der Waals surface area contributed by atoms with Gasteiger partial charge in [-0.05, 0) is 51.1 Å². The van der Waals surface area contributed by atoms with Crippen molar-refractivity contribution in [3.63, 3.8) is 0 Å². The molecule has 1 heterocycles. The molecule has 0 radical (unpaired) electrons. The molecule has 1 saturated heterocycles. The third-order valence-electron chi connectivity index (χ3n) is 3.48. The van der Waals surface area contributed by atoms with Crippen LogP contribution in [0.3, 0.4) is 0 Å². The van der Waals surface area contributed by atoms with E-state index in [2.05, 4.69) is 18.7 Å². The van der Waals surface area contributed by atoms with Crippen LogP contribution < -0.4 is 0 Å². The average molecular weight is 218 g/mol. The van der Waals surface area contributed by atoms with E-state index in [0.717, 1.165) is 17.8 Å². The van der Waals surface area contributed by atoms with E-state index in [1.54, 1.807) is 0 Å². The van der Waals surface area contributed by atoms with Crippen molar-refractivity contribution < 1.29 is 0 Å². The zero-order valence-electron chi connectivity index (χ0n) is 9.64. The summed E-state index contributed by atoms with van der Waals surface area (Å²) in [5.74, 6) is 1.61. The first-order chi connectivity index (χ1) is 6.77. The second kappa shape index (κ2) is 6.68. The van der Waals surface area contributed by atoms with Gasteiger partial charge >= 0.3 is 0 Å². The Morgan fingerprint density at radius 2 is 2.21 bits per heavy atom. The van der Waals surface area contributed by atoms with E-state index >= 15 is 0 Å². The van der Waals surface area contributed by atoms with Crippen LogP contribution in [-0.2, 0) is 0 Å². The minimum Gasteiger partial charge on any atom is -0.300 e. The molecule has 0 aromatic heterocycles. The van der Waals surface area contributed by atoms with Gasteiger partial charge in [-0.1, -0.05) is 13.8 Å². The van der Waals surface area contributed by atoms with Gasteiger partial charge < -0.3 is 4.90 Å². The van der Waals surface area contributed by atoms with Crippen LogP contribution in [0.15, 0.2) is 0 Å². The fraction of sp³-hybridized carbons (Fsp3) is 1.00. The average Bonchev–Trinajstić information content (AvgIpc) is 2.62. The topological polar surface area (TPSA) is 3.24 Å². The molecule has 1 nitrogen and oxygen atoms in total. The summed E-state index contributed by atoms with van der Waals surface area (Å²) in [6.07, 6.45) is 6.64. The molecular weight excluding hydrogens is 194 g/mol. The molecule has 0 aromatic rings. The Morgan fingerprint density at radius 3 is 2.86 bits per heavy atom. The molecule has 1 fully saturated rings. The fourth-order valence-corrected chi connectivity index (χ4v) is 2.74. The Hall–Kier alpha value is 0.250. The maximum absolute atomic E-state index is 5.73. The third-order valence-corrected chi connectivity index (χ3v) is 3.70. The normalized spacial score (nSPS) is 25.5. The van der Waals surface area contributed by atoms with Gasteiger partial charge in [-0.15, -0.1) is 11.6 Å². The van der Waals surface area contributed by atoms with E-state index in [0.29, 0.717) is 0 Å². The van der Waals surface area contributed by atoms with Crippen LogP contribution >= 0.6 is 11.6 Å². The lowest BCUT2D eigenvalue weighted by molar-refractivity contribution is 0.231. The van der Waals surface area contributed by atoms with Gasteiger partial charge in [0.2, 0.25) is 0 Å². The maximum Gasteiger partial charge on any atom is 0.0225 e. The van der Waals surface area contributed by atoms with Crippen molar-refractivity contribution >= 4 is 11.6 Å². The molecule has 1 aliphatic heterocycles. The number of rotatable bonds is 6. The van der Waals surface area contributed by atoms with Crippen molar-refractivity contribution in [2.24, 2.45) is 5.92 Å². The summed E-state index contributed by atoms with van der Waals surface area (Å²) >= 11 is 5.73.